The van der Waals surface area contributed by atoms with E-state index in [-0.39, 0.29) is 11.5 Å². The molecule has 0 aromatic heterocycles. The maximum absolute atomic E-state index is 12.1. The van der Waals surface area contributed by atoms with Crippen molar-refractivity contribution in [3.63, 3.8) is 0 Å². The van der Waals surface area contributed by atoms with Crippen molar-refractivity contribution in [2.75, 3.05) is 13.7 Å². The van der Waals surface area contributed by atoms with Gasteiger partial charge in [0.05, 0.1) is 13.7 Å². The number of benzene rings is 1. The SMILES string of the molecule is CCOC(C=O)=Cc1ccc(OC(F)(F)F)cc1OC. The van der Waals surface area contributed by atoms with E-state index in [1.165, 1.54) is 19.3 Å². The highest BCUT2D eigenvalue weighted by atomic mass is 19.4. The van der Waals surface area contributed by atoms with Gasteiger partial charge in [-0.3, -0.25) is 4.79 Å². The Hall–Kier alpha value is -2.18. The van der Waals surface area contributed by atoms with Crippen LogP contribution in [0.4, 0.5) is 13.2 Å². The second kappa shape index (κ2) is 6.83. The van der Waals surface area contributed by atoms with Gasteiger partial charge in [0.1, 0.15) is 11.5 Å². The number of ether oxygens (including phenoxy) is 3. The molecule has 0 amide bonds. The molecule has 20 heavy (non-hydrogen) atoms. The largest absolute Gasteiger partial charge is 0.573 e. The first kappa shape index (κ1) is 15.9. The maximum Gasteiger partial charge on any atom is 0.573 e. The van der Waals surface area contributed by atoms with Crippen molar-refractivity contribution in [1.29, 1.82) is 0 Å². The van der Waals surface area contributed by atoms with E-state index in [2.05, 4.69) is 4.74 Å². The Morgan fingerprint density at radius 3 is 2.55 bits per heavy atom. The van der Waals surface area contributed by atoms with Gasteiger partial charge in [-0.05, 0) is 25.1 Å². The number of methoxy groups -OCH3 is 1. The van der Waals surface area contributed by atoms with Crippen molar-refractivity contribution >= 4 is 12.4 Å². The molecule has 7 heteroatoms. The number of carbonyl (C=O) groups excluding carboxylic acids is 1. The molecule has 0 radical (unpaired) electrons. The predicted molar refractivity (Wildman–Crippen MR) is 65.3 cm³/mol. The zero-order valence-electron chi connectivity index (χ0n) is 10.9. The van der Waals surface area contributed by atoms with Crippen LogP contribution in [0.2, 0.25) is 0 Å². The Kier molecular flexibility index (Phi) is 5.42. The van der Waals surface area contributed by atoms with Gasteiger partial charge in [0, 0.05) is 11.6 Å². The highest BCUT2D eigenvalue weighted by Gasteiger charge is 2.31. The minimum absolute atomic E-state index is 0.0512. The third-order valence-electron chi connectivity index (χ3n) is 2.16. The molecule has 0 aliphatic rings. The molecule has 1 rings (SSSR count). The molecule has 0 heterocycles. The van der Waals surface area contributed by atoms with Crippen LogP contribution in [0.25, 0.3) is 6.08 Å². The summed E-state index contributed by atoms with van der Waals surface area (Å²) in [6, 6.07) is 3.53. The van der Waals surface area contributed by atoms with Gasteiger partial charge in [-0.15, -0.1) is 13.2 Å². The number of carbonyl (C=O) groups is 1. The predicted octanol–water partition coefficient (Wildman–Crippen LogP) is 3.17. The van der Waals surface area contributed by atoms with E-state index in [0.717, 1.165) is 12.1 Å². The van der Waals surface area contributed by atoms with E-state index in [0.29, 0.717) is 18.5 Å². The molecule has 0 aliphatic carbocycles. The summed E-state index contributed by atoms with van der Waals surface area (Å²) in [5.74, 6) is -0.225. The van der Waals surface area contributed by atoms with Crippen LogP contribution >= 0.6 is 0 Å². The van der Waals surface area contributed by atoms with Crippen LogP contribution in [0.3, 0.4) is 0 Å². The molecule has 0 bridgehead atoms. The molecule has 1 aromatic carbocycles. The zero-order valence-corrected chi connectivity index (χ0v) is 10.9. The maximum atomic E-state index is 12.1. The molecule has 1 aromatic rings. The summed E-state index contributed by atoms with van der Waals surface area (Å²) < 4.78 is 50.1. The van der Waals surface area contributed by atoms with Crippen molar-refractivity contribution in [2.24, 2.45) is 0 Å². The van der Waals surface area contributed by atoms with E-state index in [1.54, 1.807) is 6.92 Å². The van der Waals surface area contributed by atoms with Crippen LogP contribution in [-0.4, -0.2) is 26.4 Å². The fourth-order valence-corrected chi connectivity index (χ4v) is 1.44. The van der Waals surface area contributed by atoms with Crippen LogP contribution < -0.4 is 9.47 Å². The first-order chi connectivity index (χ1) is 9.39. The lowest BCUT2D eigenvalue weighted by Crippen LogP contribution is -2.17. The van der Waals surface area contributed by atoms with Gasteiger partial charge in [0.25, 0.3) is 0 Å². The van der Waals surface area contributed by atoms with Crippen molar-refractivity contribution in [1.82, 2.24) is 0 Å². The summed E-state index contributed by atoms with van der Waals surface area (Å²) in [5, 5.41) is 0. The highest BCUT2D eigenvalue weighted by Crippen LogP contribution is 2.30. The van der Waals surface area contributed by atoms with Gasteiger partial charge in [-0.25, -0.2) is 0 Å². The molecule has 110 valence electrons. The van der Waals surface area contributed by atoms with E-state index in [9.17, 15) is 18.0 Å². The molecule has 0 fully saturated rings. The Balaban J connectivity index is 3.07. The Morgan fingerprint density at radius 2 is 2.05 bits per heavy atom. The Labute approximate surface area is 113 Å². The van der Waals surface area contributed by atoms with Crippen molar-refractivity contribution in [2.45, 2.75) is 13.3 Å². The summed E-state index contributed by atoms with van der Waals surface area (Å²) in [4.78, 5) is 10.7. The van der Waals surface area contributed by atoms with Gasteiger partial charge in [0.15, 0.2) is 12.0 Å². The van der Waals surface area contributed by atoms with Gasteiger partial charge >= 0.3 is 6.36 Å². The van der Waals surface area contributed by atoms with Gasteiger partial charge in [0.2, 0.25) is 0 Å². The smallest absolute Gasteiger partial charge is 0.496 e. The molecule has 0 N–H and O–H groups in total. The average Bonchev–Trinajstić information content (AvgIpc) is 2.37. The number of allylic oxidation sites excluding steroid dienone is 1. The van der Waals surface area contributed by atoms with Crippen molar-refractivity contribution in [3.05, 3.63) is 29.5 Å². The fraction of sp³-hybridized carbons (Fsp3) is 0.308. The Morgan fingerprint density at radius 1 is 1.35 bits per heavy atom. The second-order valence-corrected chi connectivity index (χ2v) is 3.55. The molecule has 0 spiro atoms. The lowest BCUT2D eigenvalue weighted by molar-refractivity contribution is -0.274. The molecular weight excluding hydrogens is 277 g/mol. The summed E-state index contributed by atoms with van der Waals surface area (Å²) in [5.41, 5.74) is 0.401. The lowest BCUT2D eigenvalue weighted by atomic mass is 10.1. The van der Waals surface area contributed by atoms with Crippen LogP contribution in [0.1, 0.15) is 12.5 Å². The number of halogens is 3. The molecule has 0 saturated carbocycles. The molecule has 0 unspecified atom stereocenters. The molecule has 0 saturated heterocycles. The third kappa shape index (κ3) is 4.83. The first-order valence-corrected chi connectivity index (χ1v) is 5.63. The molecule has 0 aliphatic heterocycles. The van der Waals surface area contributed by atoms with Crippen LogP contribution in [-0.2, 0) is 9.53 Å². The average molecular weight is 290 g/mol. The third-order valence-corrected chi connectivity index (χ3v) is 2.16. The summed E-state index contributed by atoms with van der Waals surface area (Å²) in [7, 11) is 1.30. The van der Waals surface area contributed by atoms with Crippen LogP contribution in [0.15, 0.2) is 24.0 Å². The monoisotopic (exact) mass is 290 g/mol. The summed E-state index contributed by atoms with van der Waals surface area (Å²) in [6.07, 6.45) is -2.91. The number of rotatable bonds is 6. The minimum atomic E-state index is -4.78. The number of alkyl halides is 3. The zero-order chi connectivity index (χ0) is 15.2. The standard InChI is InChI=1S/C13H13F3O4/c1-3-19-11(8-17)6-9-4-5-10(7-12(9)18-2)20-13(14,15)16/h4-8H,3H2,1-2H3. The number of hydrogen-bond donors (Lipinski definition) is 0. The van der Waals surface area contributed by atoms with Crippen molar-refractivity contribution < 1.29 is 32.2 Å². The van der Waals surface area contributed by atoms with E-state index in [1.807, 2.05) is 0 Å². The summed E-state index contributed by atoms with van der Waals surface area (Å²) >= 11 is 0. The minimum Gasteiger partial charge on any atom is -0.496 e. The van der Waals surface area contributed by atoms with E-state index in [4.69, 9.17) is 9.47 Å². The van der Waals surface area contributed by atoms with Gasteiger partial charge < -0.3 is 14.2 Å². The highest BCUT2D eigenvalue weighted by molar-refractivity contribution is 5.80. The normalized spacial score (nSPS) is 11.9. The first-order valence-electron chi connectivity index (χ1n) is 5.63. The number of hydrogen-bond acceptors (Lipinski definition) is 4. The second-order valence-electron chi connectivity index (χ2n) is 3.55. The molecule has 4 nitrogen and oxygen atoms in total. The number of aldehydes is 1. The van der Waals surface area contributed by atoms with Crippen LogP contribution in [0.5, 0.6) is 11.5 Å². The quantitative estimate of drug-likeness (QED) is 0.458. The fourth-order valence-electron chi connectivity index (χ4n) is 1.44. The van der Waals surface area contributed by atoms with Crippen molar-refractivity contribution in [3.8, 4) is 11.5 Å². The van der Waals surface area contributed by atoms with Gasteiger partial charge in [-0.2, -0.15) is 0 Å². The lowest BCUT2D eigenvalue weighted by Gasteiger charge is -2.12. The van der Waals surface area contributed by atoms with E-state index < -0.39 is 12.1 Å². The molecule has 0 atom stereocenters. The Bertz CT molecular complexity index is 495. The van der Waals surface area contributed by atoms with Crippen LogP contribution in [0, 0.1) is 0 Å². The molecular formula is C13H13F3O4. The summed E-state index contributed by atoms with van der Waals surface area (Å²) in [6.45, 7) is 2.00. The topological polar surface area (TPSA) is 44.8 Å². The van der Waals surface area contributed by atoms with E-state index >= 15 is 0 Å². The van der Waals surface area contributed by atoms with Gasteiger partial charge in [-0.1, -0.05) is 0 Å².